The average Bonchev–Trinajstić information content (AvgIpc) is 3.09. The van der Waals surface area contributed by atoms with Crippen molar-refractivity contribution in [1.29, 1.82) is 5.26 Å². The van der Waals surface area contributed by atoms with Crippen molar-refractivity contribution in [2.45, 2.75) is 24.8 Å². The fourth-order valence-corrected chi connectivity index (χ4v) is 2.80. The molecular formula is C13H14ClFN2O. The number of rotatable bonds is 1. The van der Waals surface area contributed by atoms with Gasteiger partial charge in [-0.05, 0) is 18.9 Å². The summed E-state index contributed by atoms with van der Waals surface area (Å²) in [7, 11) is 0. The van der Waals surface area contributed by atoms with E-state index in [9.17, 15) is 4.39 Å². The number of hydrogen-bond donors (Lipinski definition) is 1. The predicted molar refractivity (Wildman–Crippen MR) is 67.1 cm³/mol. The molecule has 1 saturated carbocycles. The van der Waals surface area contributed by atoms with Gasteiger partial charge in [0.15, 0.2) is 0 Å². The molecular weight excluding hydrogens is 255 g/mol. The van der Waals surface area contributed by atoms with Crippen molar-refractivity contribution >= 4 is 12.4 Å². The summed E-state index contributed by atoms with van der Waals surface area (Å²) in [4.78, 5) is 0. The number of nitrogens with zero attached hydrogens (tertiary/aromatic N) is 1. The molecule has 1 aliphatic heterocycles. The van der Waals surface area contributed by atoms with Gasteiger partial charge in [-0.2, -0.15) is 5.26 Å². The maximum Gasteiger partial charge on any atom is 0.126 e. The highest BCUT2D eigenvalue weighted by atomic mass is 35.5. The molecule has 0 unspecified atom stereocenters. The standard InChI is InChI=1S/C13H13FN2O.ClH/c14-8-1-2-9-11(5-8)17-7-13(3-4-13)12(9)10(16)6-15;/h1-2,5,10,12H,3-4,7,16H2;1H/t10-,12+;/m1./s1. The van der Waals surface area contributed by atoms with Gasteiger partial charge in [-0.25, -0.2) is 4.39 Å². The summed E-state index contributed by atoms with van der Waals surface area (Å²) in [6.45, 7) is 0.545. The first kappa shape index (κ1) is 13.1. The summed E-state index contributed by atoms with van der Waals surface area (Å²) in [5, 5.41) is 9.04. The van der Waals surface area contributed by atoms with E-state index < -0.39 is 6.04 Å². The molecule has 96 valence electrons. The SMILES string of the molecule is Cl.N#C[C@@H](N)[C@@H]1c2ccc(F)cc2OCC12CC2. The van der Waals surface area contributed by atoms with Crippen LogP contribution in [-0.2, 0) is 0 Å². The van der Waals surface area contributed by atoms with E-state index in [1.807, 2.05) is 0 Å². The molecule has 1 fully saturated rings. The monoisotopic (exact) mass is 268 g/mol. The molecule has 3 rings (SSSR count). The van der Waals surface area contributed by atoms with Gasteiger partial charge in [0.1, 0.15) is 17.6 Å². The molecule has 1 aliphatic carbocycles. The number of halogens is 2. The van der Waals surface area contributed by atoms with E-state index in [2.05, 4.69) is 6.07 Å². The first-order valence-electron chi connectivity index (χ1n) is 5.74. The van der Waals surface area contributed by atoms with E-state index in [0.29, 0.717) is 12.4 Å². The Morgan fingerprint density at radius 3 is 2.83 bits per heavy atom. The Morgan fingerprint density at radius 2 is 2.22 bits per heavy atom. The molecule has 1 heterocycles. The highest BCUT2D eigenvalue weighted by molar-refractivity contribution is 5.85. The van der Waals surface area contributed by atoms with Gasteiger partial charge >= 0.3 is 0 Å². The lowest BCUT2D eigenvalue weighted by Crippen LogP contribution is -2.39. The fraction of sp³-hybridized carbons (Fsp3) is 0.462. The van der Waals surface area contributed by atoms with Crippen molar-refractivity contribution in [1.82, 2.24) is 0 Å². The maximum absolute atomic E-state index is 13.1. The van der Waals surface area contributed by atoms with Crippen LogP contribution >= 0.6 is 12.4 Å². The summed E-state index contributed by atoms with van der Waals surface area (Å²) < 4.78 is 18.7. The highest BCUT2D eigenvalue weighted by Crippen LogP contribution is 2.60. The predicted octanol–water partition coefficient (Wildman–Crippen LogP) is 2.35. The number of nitrogens with two attached hydrogens (primary N) is 1. The van der Waals surface area contributed by atoms with E-state index in [1.165, 1.54) is 12.1 Å². The summed E-state index contributed by atoms with van der Waals surface area (Å²) in [6, 6.07) is 6.04. The van der Waals surface area contributed by atoms with Crippen LogP contribution in [-0.4, -0.2) is 12.6 Å². The summed E-state index contributed by atoms with van der Waals surface area (Å²) >= 11 is 0. The first-order valence-corrected chi connectivity index (χ1v) is 5.74. The number of benzene rings is 1. The number of hydrogen-bond acceptors (Lipinski definition) is 3. The molecule has 1 spiro atoms. The van der Waals surface area contributed by atoms with Crippen molar-refractivity contribution in [2.24, 2.45) is 11.1 Å². The zero-order valence-electron chi connectivity index (χ0n) is 9.73. The molecule has 1 aromatic carbocycles. The molecule has 0 aromatic heterocycles. The van der Waals surface area contributed by atoms with Crippen LogP contribution < -0.4 is 10.5 Å². The lowest BCUT2D eigenvalue weighted by Gasteiger charge is -2.35. The minimum Gasteiger partial charge on any atom is -0.493 e. The van der Waals surface area contributed by atoms with Crippen LogP contribution in [0.25, 0.3) is 0 Å². The Bertz CT molecular complexity index is 510. The zero-order chi connectivity index (χ0) is 12.0. The van der Waals surface area contributed by atoms with Crippen molar-refractivity contribution in [3.63, 3.8) is 0 Å². The Labute approximate surface area is 111 Å². The molecule has 2 aliphatic rings. The number of nitriles is 1. The molecule has 0 saturated heterocycles. The van der Waals surface area contributed by atoms with E-state index in [1.54, 1.807) is 6.07 Å². The van der Waals surface area contributed by atoms with Crippen LogP contribution in [0.5, 0.6) is 5.75 Å². The van der Waals surface area contributed by atoms with Gasteiger partial charge in [-0.15, -0.1) is 12.4 Å². The molecule has 18 heavy (non-hydrogen) atoms. The molecule has 2 atom stereocenters. The second-order valence-electron chi connectivity index (χ2n) is 4.97. The Balaban J connectivity index is 0.00000120. The maximum atomic E-state index is 13.1. The Kier molecular flexibility index (Phi) is 3.22. The van der Waals surface area contributed by atoms with Gasteiger partial charge < -0.3 is 10.5 Å². The molecule has 5 heteroatoms. The quantitative estimate of drug-likeness (QED) is 0.851. The van der Waals surface area contributed by atoms with E-state index in [4.69, 9.17) is 15.7 Å². The first-order chi connectivity index (χ1) is 8.16. The summed E-state index contributed by atoms with van der Waals surface area (Å²) in [6.07, 6.45) is 2.06. The van der Waals surface area contributed by atoms with Crippen LogP contribution in [0.15, 0.2) is 18.2 Å². The molecule has 0 amide bonds. The second-order valence-corrected chi connectivity index (χ2v) is 4.97. The highest BCUT2D eigenvalue weighted by Gasteiger charge is 2.55. The lowest BCUT2D eigenvalue weighted by molar-refractivity contribution is 0.169. The van der Waals surface area contributed by atoms with Gasteiger partial charge in [0.25, 0.3) is 0 Å². The third kappa shape index (κ3) is 1.84. The lowest BCUT2D eigenvalue weighted by atomic mass is 9.77. The smallest absolute Gasteiger partial charge is 0.126 e. The van der Waals surface area contributed by atoms with E-state index in [0.717, 1.165) is 18.4 Å². The number of ether oxygens (including phenoxy) is 1. The average molecular weight is 269 g/mol. The van der Waals surface area contributed by atoms with Crippen molar-refractivity contribution in [3.05, 3.63) is 29.6 Å². The third-order valence-corrected chi connectivity index (χ3v) is 3.89. The molecule has 3 nitrogen and oxygen atoms in total. The van der Waals surface area contributed by atoms with Gasteiger partial charge in [-0.3, -0.25) is 0 Å². The van der Waals surface area contributed by atoms with Crippen LogP contribution in [0.1, 0.15) is 24.3 Å². The zero-order valence-corrected chi connectivity index (χ0v) is 10.5. The van der Waals surface area contributed by atoms with Crippen molar-refractivity contribution in [2.75, 3.05) is 6.61 Å². The van der Waals surface area contributed by atoms with Gasteiger partial charge in [0.05, 0.1) is 12.7 Å². The van der Waals surface area contributed by atoms with Crippen molar-refractivity contribution < 1.29 is 9.13 Å². The van der Waals surface area contributed by atoms with Gasteiger partial charge in [0, 0.05) is 23.0 Å². The van der Waals surface area contributed by atoms with Gasteiger partial charge in [-0.1, -0.05) is 6.07 Å². The largest absolute Gasteiger partial charge is 0.493 e. The molecule has 0 radical (unpaired) electrons. The Morgan fingerprint density at radius 1 is 1.50 bits per heavy atom. The third-order valence-electron chi connectivity index (χ3n) is 3.89. The Hall–Kier alpha value is -1.31. The van der Waals surface area contributed by atoms with Crippen LogP contribution in [0.3, 0.4) is 0 Å². The molecule has 1 aromatic rings. The minimum absolute atomic E-state index is 0. The molecule has 0 bridgehead atoms. The summed E-state index contributed by atoms with van der Waals surface area (Å²) in [5.41, 5.74) is 6.80. The van der Waals surface area contributed by atoms with E-state index in [-0.39, 0.29) is 29.6 Å². The van der Waals surface area contributed by atoms with Crippen LogP contribution in [0.2, 0.25) is 0 Å². The second kappa shape index (κ2) is 4.42. The molecule has 2 N–H and O–H groups in total. The topological polar surface area (TPSA) is 59.0 Å². The van der Waals surface area contributed by atoms with Gasteiger partial charge in [0.2, 0.25) is 0 Å². The van der Waals surface area contributed by atoms with Crippen molar-refractivity contribution in [3.8, 4) is 11.8 Å². The van der Waals surface area contributed by atoms with Crippen LogP contribution in [0.4, 0.5) is 4.39 Å². The number of fused-ring (bicyclic) bond motifs is 1. The fourth-order valence-electron chi connectivity index (χ4n) is 2.80. The minimum atomic E-state index is -0.550. The van der Waals surface area contributed by atoms with E-state index >= 15 is 0 Å². The van der Waals surface area contributed by atoms with Crippen LogP contribution in [0, 0.1) is 22.6 Å². The summed E-state index contributed by atoms with van der Waals surface area (Å²) in [5.74, 6) is 0.190. The normalized spacial score (nSPS) is 24.2.